The molecule has 6 nitrogen and oxygen atoms in total. The number of ether oxygens (including phenoxy) is 2. The molecule has 6 heteroatoms. The first-order chi connectivity index (χ1) is 23.3. The molecule has 0 aliphatic heterocycles. The molecule has 0 aromatic heterocycles. The first-order valence-corrected chi connectivity index (χ1v) is 15.4. The fourth-order valence-electron chi connectivity index (χ4n) is 4.60. The van der Waals surface area contributed by atoms with Gasteiger partial charge in [-0.1, -0.05) is 83.3 Å². The van der Waals surface area contributed by atoms with Crippen molar-refractivity contribution in [3.05, 3.63) is 183 Å². The Morgan fingerprint density at radius 2 is 1.12 bits per heavy atom. The second-order valence-electron chi connectivity index (χ2n) is 10.4. The first-order valence-electron chi connectivity index (χ1n) is 15.4. The number of hydrogen-bond donors (Lipinski definition) is 0. The third kappa shape index (κ3) is 13.1. The molecule has 0 atom stereocenters. The van der Waals surface area contributed by atoms with Crippen molar-refractivity contribution in [2.75, 3.05) is 30.1 Å². The molecule has 0 N–H and O–H groups in total. The van der Waals surface area contributed by atoms with Crippen LogP contribution in [0, 0.1) is 0 Å². The van der Waals surface area contributed by atoms with E-state index >= 15 is 0 Å². The van der Waals surface area contributed by atoms with E-state index in [1.54, 1.807) is 32.3 Å². The number of allylic oxidation sites excluding steroid dienone is 7. The van der Waals surface area contributed by atoms with Gasteiger partial charge in [0.1, 0.15) is 6.29 Å². The van der Waals surface area contributed by atoms with Crippen LogP contribution < -0.4 is 9.80 Å². The molecule has 49 heavy (non-hydrogen) atoms. The van der Waals surface area contributed by atoms with Crippen LogP contribution in [0.4, 0.5) is 22.7 Å². The number of esters is 1. The van der Waals surface area contributed by atoms with Gasteiger partial charge in [0.05, 0.1) is 13.2 Å². The Labute approximate surface area is 293 Å². The molecular weight excluding hydrogens is 608 g/mol. The van der Waals surface area contributed by atoms with Gasteiger partial charge < -0.3 is 19.3 Å². The lowest BCUT2D eigenvalue weighted by molar-refractivity contribution is -0.137. The Kier molecular flexibility index (Phi) is 19.2. The fourth-order valence-corrected chi connectivity index (χ4v) is 4.60. The van der Waals surface area contributed by atoms with E-state index in [0.29, 0.717) is 18.6 Å². The molecule has 0 unspecified atom stereocenters. The third-order valence-electron chi connectivity index (χ3n) is 6.81. The maximum Gasteiger partial charge on any atom is 0.330 e. The Balaban J connectivity index is 0.00000186. The highest BCUT2D eigenvalue weighted by atomic mass is 16.5. The summed E-state index contributed by atoms with van der Waals surface area (Å²) < 4.78 is 10.5. The zero-order chi connectivity index (χ0) is 35.3. The zero-order valence-electron chi connectivity index (χ0n) is 28.1. The average molecular weight is 659 g/mol. The summed E-state index contributed by atoms with van der Waals surface area (Å²) in [6, 6.07) is 24.8. The van der Waals surface area contributed by atoms with Crippen LogP contribution in [0.3, 0.4) is 0 Å². The summed E-state index contributed by atoms with van der Waals surface area (Å²) in [6.07, 6.45) is 14.3. The van der Waals surface area contributed by atoms with Crippen molar-refractivity contribution >= 4 is 35.0 Å². The van der Waals surface area contributed by atoms with Crippen LogP contribution in [-0.4, -0.2) is 32.6 Å². The number of methoxy groups -OCH3 is 1. The molecule has 256 valence electrons. The molecule has 0 radical (unpaired) electrons. The van der Waals surface area contributed by atoms with E-state index in [9.17, 15) is 9.59 Å². The molecule has 0 bridgehead atoms. The van der Waals surface area contributed by atoms with Crippen LogP contribution >= 0.6 is 0 Å². The molecule has 0 fully saturated rings. The maximum absolute atomic E-state index is 11.5. The van der Waals surface area contributed by atoms with E-state index in [1.807, 2.05) is 36.4 Å². The molecule has 3 aromatic rings. The summed E-state index contributed by atoms with van der Waals surface area (Å²) in [7, 11) is 1.71. The van der Waals surface area contributed by atoms with E-state index in [0.717, 1.165) is 52.4 Å². The third-order valence-corrected chi connectivity index (χ3v) is 6.81. The Morgan fingerprint density at radius 1 is 0.694 bits per heavy atom. The number of carbonyl (C=O) groups is 2. The lowest BCUT2D eigenvalue weighted by atomic mass is 10.1. The van der Waals surface area contributed by atoms with Crippen molar-refractivity contribution in [2.45, 2.75) is 27.2 Å². The van der Waals surface area contributed by atoms with E-state index < -0.39 is 5.97 Å². The summed E-state index contributed by atoms with van der Waals surface area (Å²) in [5.74, 6) is -0.431. The predicted octanol–water partition coefficient (Wildman–Crippen LogP) is 10.3. The Bertz CT molecular complexity index is 1650. The predicted molar refractivity (Wildman–Crippen MR) is 209 cm³/mol. The molecule has 0 aliphatic carbocycles. The summed E-state index contributed by atoms with van der Waals surface area (Å²) in [6.45, 7) is 25.3. The van der Waals surface area contributed by atoms with Gasteiger partial charge in [0.15, 0.2) is 0 Å². The number of rotatable bonds is 18. The van der Waals surface area contributed by atoms with E-state index in [4.69, 9.17) is 9.47 Å². The molecule has 0 saturated carbocycles. The molecule has 0 heterocycles. The zero-order valence-corrected chi connectivity index (χ0v) is 28.1. The minimum atomic E-state index is -0.431. The van der Waals surface area contributed by atoms with Crippen molar-refractivity contribution in [1.82, 2.24) is 0 Å². The highest BCUT2D eigenvalue weighted by molar-refractivity contribution is 5.81. The van der Waals surface area contributed by atoms with Gasteiger partial charge in [0, 0.05) is 53.8 Å². The summed E-state index contributed by atoms with van der Waals surface area (Å²) >= 11 is 0. The van der Waals surface area contributed by atoms with Gasteiger partial charge in [0.2, 0.25) is 0 Å². The molecule has 3 aromatic carbocycles. The lowest BCUT2D eigenvalue weighted by Gasteiger charge is -2.29. The maximum atomic E-state index is 11.5. The molecule has 0 saturated heterocycles. The average Bonchev–Trinajstić information content (AvgIpc) is 3.11. The van der Waals surface area contributed by atoms with Crippen molar-refractivity contribution in [1.29, 1.82) is 0 Å². The summed E-state index contributed by atoms with van der Waals surface area (Å²) in [4.78, 5) is 25.2. The summed E-state index contributed by atoms with van der Waals surface area (Å²) in [5.41, 5.74) is 8.39. The molecule has 3 rings (SSSR count). The van der Waals surface area contributed by atoms with Crippen molar-refractivity contribution in [2.24, 2.45) is 0 Å². The Morgan fingerprint density at radius 3 is 1.47 bits per heavy atom. The smallest absolute Gasteiger partial charge is 0.330 e. The normalized spacial score (nSPS) is 10.6. The number of hydrogen-bond acceptors (Lipinski definition) is 6. The molecule has 0 amide bonds. The number of anilines is 4. The Hall–Kier alpha value is -5.72. The molecule has 0 aliphatic rings. The van der Waals surface area contributed by atoms with Crippen LogP contribution in [-0.2, 0) is 31.9 Å². The molecule has 0 spiro atoms. The summed E-state index contributed by atoms with van der Waals surface area (Å²) in [5, 5.41) is 0. The second kappa shape index (κ2) is 22.7. The monoisotopic (exact) mass is 658 g/mol. The number of carbonyl (C=O) groups excluding carboxylic acids is 2. The number of benzene rings is 3. The van der Waals surface area contributed by atoms with Gasteiger partial charge in [-0.25, -0.2) is 4.79 Å². The van der Waals surface area contributed by atoms with Gasteiger partial charge in [-0.3, -0.25) is 4.79 Å². The van der Waals surface area contributed by atoms with E-state index in [1.165, 1.54) is 11.6 Å². The number of nitrogens with zero attached hydrogens (tertiary/aromatic N) is 2. The minimum absolute atomic E-state index is 0. The highest BCUT2D eigenvalue weighted by Gasteiger charge is 2.17. The van der Waals surface area contributed by atoms with E-state index in [-0.39, 0.29) is 14.0 Å². The highest BCUT2D eigenvalue weighted by Crippen LogP contribution is 2.36. The van der Waals surface area contributed by atoms with Gasteiger partial charge in [-0.15, -0.1) is 0 Å². The minimum Gasteiger partial charge on any atom is -0.462 e. The topological polar surface area (TPSA) is 59.1 Å². The molecular formula is C43H50N2O4. The first kappa shape index (κ1) is 41.3. The quantitative estimate of drug-likeness (QED) is 0.0587. The van der Waals surface area contributed by atoms with Crippen LogP contribution in [0.2, 0.25) is 0 Å². The van der Waals surface area contributed by atoms with Gasteiger partial charge in [0.25, 0.3) is 0 Å². The second-order valence-corrected chi connectivity index (χ2v) is 10.4. The van der Waals surface area contributed by atoms with Gasteiger partial charge in [-0.2, -0.15) is 0 Å². The van der Waals surface area contributed by atoms with Gasteiger partial charge in [-0.05, 0) is 103 Å². The van der Waals surface area contributed by atoms with Crippen LogP contribution in [0.1, 0.15) is 25.5 Å². The lowest BCUT2D eigenvalue weighted by Crippen LogP contribution is -2.17. The van der Waals surface area contributed by atoms with Crippen molar-refractivity contribution in [3.8, 4) is 0 Å². The van der Waals surface area contributed by atoms with Crippen LogP contribution in [0.25, 0.3) is 0 Å². The van der Waals surface area contributed by atoms with Gasteiger partial charge >= 0.3 is 5.97 Å². The van der Waals surface area contributed by atoms with Crippen LogP contribution in [0.15, 0.2) is 172 Å². The SMILES string of the molecule is C.C=C(C)C=O.C=C/C=C(\C=C)N(c1ccc(N(/C(C=C)=C/C=C)c2cccc(CCOC(=O)C=C)c2)cc1)c1cccc(CCOC)c1. The van der Waals surface area contributed by atoms with Crippen LogP contribution in [0.5, 0.6) is 0 Å². The van der Waals surface area contributed by atoms with E-state index in [2.05, 4.69) is 104 Å². The standard InChI is InChI=1S/C38H40N2O3.C4H6O.CH4/c1-7-14-32(9-3)39(36-18-12-16-30(28-36)24-26-42-6)34-20-22-35(23-21-34)40(33(10-4)15-8-2)37-19-13-17-31(29-37)25-27-43-38(41)11-5;1-4(2)3-5;/h7-23,28-29H,1-5,24-27H2,6H3;3H,1H2,2H3;1H4/b32-14+,33-15+;;. The van der Waals surface area contributed by atoms with Crippen molar-refractivity contribution < 1.29 is 19.1 Å². The van der Waals surface area contributed by atoms with Crippen molar-refractivity contribution in [3.63, 3.8) is 0 Å². The fraction of sp³-hybridized carbons (Fsp3) is 0.163. The largest absolute Gasteiger partial charge is 0.462 e. The number of aldehydes is 1.